The van der Waals surface area contributed by atoms with E-state index in [4.69, 9.17) is 4.74 Å². The summed E-state index contributed by atoms with van der Waals surface area (Å²) in [6.45, 7) is 5.51. The summed E-state index contributed by atoms with van der Waals surface area (Å²) in [5.41, 5.74) is 1.19. The summed E-state index contributed by atoms with van der Waals surface area (Å²) < 4.78 is 5.11. The Morgan fingerprint density at radius 3 is 2.33 bits per heavy atom. The molecule has 0 saturated heterocycles. The number of rotatable bonds is 3. The van der Waals surface area contributed by atoms with Crippen molar-refractivity contribution in [2.75, 3.05) is 7.11 Å². The number of ketones is 1. The first kappa shape index (κ1) is 13.9. The van der Waals surface area contributed by atoms with Gasteiger partial charge in [0.15, 0.2) is 5.78 Å². The molecule has 0 aliphatic rings. The first-order chi connectivity index (χ1) is 8.72. The normalized spacial score (nSPS) is 9.33. The molecule has 2 aromatic rings. The third-order valence-electron chi connectivity index (χ3n) is 2.22. The van der Waals surface area contributed by atoms with E-state index in [1.807, 2.05) is 13.8 Å². The first-order valence-corrected chi connectivity index (χ1v) is 5.78. The second kappa shape index (κ2) is 6.54. The van der Waals surface area contributed by atoms with Gasteiger partial charge < -0.3 is 4.74 Å². The molecule has 0 atom stereocenters. The van der Waals surface area contributed by atoms with Crippen LogP contribution in [0.25, 0.3) is 5.69 Å². The topological polar surface area (TPSA) is 57.0 Å². The average molecular weight is 247 g/mol. The SMILES string of the molecule is CC.COc1ccc(C(C)=O)c(-n2nccn2)c1. The van der Waals surface area contributed by atoms with Crippen LogP contribution in [0, 0.1) is 0 Å². The molecule has 0 bridgehead atoms. The lowest BCUT2D eigenvalue weighted by Crippen LogP contribution is -2.06. The summed E-state index contributed by atoms with van der Waals surface area (Å²) >= 11 is 0. The molecule has 0 aliphatic carbocycles. The zero-order valence-electron chi connectivity index (χ0n) is 11.0. The van der Waals surface area contributed by atoms with Crippen LogP contribution in [-0.2, 0) is 0 Å². The number of ether oxygens (including phenoxy) is 1. The monoisotopic (exact) mass is 247 g/mol. The van der Waals surface area contributed by atoms with E-state index in [9.17, 15) is 4.79 Å². The minimum Gasteiger partial charge on any atom is -0.497 e. The number of methoxy groups -OCH3 is 1. The minimum atomic E-state index is -0.0325. The summed E-state index contributed by atoms with van der Waals surface area (Å²) in [7, 11) is 1.57. The van der Waals surface area contributed by atoms with Crippen molar-refractivity contribution in [1.82, 2.24) is 15.0 Å². The van der Waals surface area contributed by atoms with Crippen LogP contribution in [0.5, 0.6) is 5.75 Å². The number of benzene rings is 1. The molecular weight excluding hydrogens is 230 g/mol. The highest BCUT2D eigenvalue weighted by atomic mass is 16.5. The average Bonchev–Trinajstić information content (AvgIpc) is 2.94. The number of aromatic nitrogens is 3. The number of hydrogen-bond donors (Lipinski definition) is 0. The fourth-order valence-electron chi connectivity index (χ4n) is 1.44. The Kier molecular flexibility index (Phi) is 5.05. The molecular formula is C13H17N3O2. The van der Waals surface area contributed by atoms with Crippen molar-refractivity contribution in [1.29, 1.82) is 0 Å². The van der Waals surface area contributed by atoms with Gasteiger partial charge in [-0.3, -0.25) is 4.79 Å². The molecule has 96 valence electrons. The molecule has 0 saturated carbocycles. The van der Waals surface area contributed by atoms with Crippen LogP contribution in [0.4, 0.5) is 0 Å². The highest BCUT2D eigenvalue weighted by molar-refractivity contribution is 5.97. The summed E-state index contributed by atoms with van der Waals surface area (Å²) in [6, 6.07) is 5.18. The Morgan fingerprint density at radius 2 is 1.83 bits per heavy atom. The molecule has 0 fully saturated rings. The predicted molar refractivity (Wildman–Crippen MR) is 69.3 cm³/mol. The molecule has 0 amide bonds. The van der Waals surface area contributed by atoms with E-state index in [0.717, 1.165) is 0 Å². The van der Waals surface area contributed by atoms with Crippen molar-refractivity contribution in [3.05, 3.63) is 36.2 Å². The fraction of sp³-hybridized carbons (Fsp3) is 0.308. The Hall–Kier alpha value is -2.17. The zero-order chi connectivity index (χ0) is 13.5. The van der Waals surface area contributed by atoms with Gasteiger partial charge in [0, 0.05) is 11.6 Å². The second-order valence-electron chi connectivity index (χ2n) is 3.26. The Balaban J connectivity index is 0.000000771. The van der Waals surface area contributed by atoms with E-state index < -0.39 is 0 Å². The summed E-state index contributed by atoms with van der Waals surface area (Å²) in [6.07, 6.45) is 3.12. The van der Waals surface area contributed by atoms with Crippen molar-refractivity contribution in [3.63, 3.8) is 0 Å². The van der Waals surface area contributed by atoms with E-state index in [0.29, 0.717) is 17.0 Å². The lowest BCUT2D eigenvalue weighted by Gasteiger charge is -2.07. The highest BCUT2D eigenvalue weighted by Crippen LogP contribution is 2.20. The molecule has 1 aromatic heterocycles. The number of nitrogens with zero attached hydrogens (tertiary/aromatic N) is 3. The first-order valence-electron chi connectivity index (χ1n) is 5.78. The van der Waals surface area contributed by atoms with Crippen LogP contribution in [0.15, 0.2) is 30.6 Å². The molecule has 0 unspecified atom stereocenters. The molecule has 1 heterocycles. The van der Waals surface area contributed by atoms with Gasteiger partial charge in [-0.1, -0.05) is 13.8 Å². The van der Waals surface area contributed by atoms with Crippen LogP contribution in [0.2, 0.25) is 0 Å². The van der Waals surface area contributed by atoms with Gasteiger partial charge in [0.2, 0.25) is 0 Å². The summed E-state index contributed by atoms with van der Waals surface area (Å²) in [5.74, 6) is 0.632. The quantitative estimate of drug-likeness (QED) is 0.782. The Labute approximate surface area is 106 Å². The van der Waals surface area contributed by atoms with Crippen molar-refractivity contribution in [2.45, 2.75) is 20.8 Å². The summed E-state index contributed by atoms with van der Waals surface area (Å²) in [5, 5.41) is 8.01. The van der Waals surface area contributed by atoms with Crippen LogP contribution >= 0.6 is 0 Å². The predicted octanol–water partition coefficient (Wildman–Crippen LogP) is 2.50. The zero-order valence-corrected chi connectivity index (χ0v) is 11.0. The molecule has 0 spiro atoms. The Bertz CT molecular complexity index is 507. The maximum absolute atomic E-state index is 11.5. The van der Waals surface area contributed by atoms with Gasteiger partial charge in [0.1, 0.15) is 11.4 Å². The van der Waals surface area contributed by atoms with Gasteiger partial charge in [0.05, 0.1) is 19.5 Å². The largest absolute Gasteiger partial charge is 0.497 e. The van der Waals surface area contributed by atoms with E-state index in [1.54, 1.807) is 37.7 Å². The molecule has 5 nitrogen and oxygen atoms in total. The van der Waals surface area contributed by atoms with Crippen LogP contribution in [-0.4, -0.2) is 27.9 Å². The number of carbonyl (C=O) groups is 1. The third-order valence-corrected chi connectivity index (χ3v) is 2.22. The van der Waals surface area contributed by atoms with Crippen LogP contribution in [0.1, 0.15) is 31.1 Å². The van der Waals surface area contributed by atoms with Gasteiger partial charge in [0.25, 0.3) is 0 Å². The lowest BCUT2D eigenvalue weighted by molar-refractivity contribution is 0.101. The highest BCUT2D eigenvalue weighted by Gasteiger charge is 2.11. The molecule has 0 N–H and O–H groups in total. The van der Waals surface area contributed by atoms with Crippen molar-refractivity contribution < 1.29 is 9.53 Å². The van der Waals surface area contributed by atoms with E-state index in [2.05, 4.69) is 10.2 Å². The molecule has 0 aliphatic heterocycles. The second-order valence-corrected chi connectivity index (χ2v) is 3.26. The lowest BCUT2D eigenvalue weighted by atomic mass is 10.1. The van der Waals surface area contributed by atoms with Gasteiger partial charge in [-0.25, -0.2) is 0 Å². The molecule has 5 heteroatoms. The van der Waals surface area contributed by atoms with E-state index >= 15 is 0 Å². The molecule has 0 radical (unpaired) electrons. The fourth-order valence-corrected chi connectivity index (χ4v) is 1.44. The maximum Gasteiger partial charge on any atom is 0.162 e. The number of hydrogen-bond acceptors (Lipinski definition) is 4. The van der Waals surface area contributed by atoms with Gasteiger partial charge >= 0.3 is 0 Å². The van der Waals surface area contributed by atoms with Crippen molar-refractivity contribution in [3.8, 4) is 11.4 Å². The molecule has 2 rings (SSSR count). The molecule has 1 aromatic carbocycles. The van der Waals surface area contributed by atoms with Crippen LogP contribution < -0.4 is 4.74 Å². The summed E-state index contributed by atoms with van der Waals surface area (Å²) in [4.78, 5) is 12.9. The van der Waals surface area contributed by atoms with E-state index in [-0.39, 0.29) is 5.78 Å². The van der Waals surface area contributed by atoms with Gasteiger partial charge in [-0.2, -0.15) is 15.0 Å². The van der Waals surface area contributed by atoms with Gasteiger partial charge in [-0.05, 0) is 19.1 Å². The molecule has 18 heavy (non-hydrogen) atoms. The van der Waals surface area contributed by atoms with E-state index in [1.165, 1.54) is 11.7 Å². The smallest absolute Gasteiger partial charge is 0.162 e. The minimum absolute atomic E-state index is 0.0325. The number of carbonyl (C=O) groups excluding carboxylic acids is 1. The third kappa shape index (κ3) is 2.94. The van der Waals surface area contributed by atoms with Crippen LogP contribution in [0.3, 0.4) is 0 Å². The van der Waals surface area contributed by atoms with Gasteiger partial charge in [-0.15, -0.1) is 0 Å². The Morgan fingerprint density at radius 1 is 1.22 bits per heavy atom. The standard InChI is InChI=1S/C11H11N3O2.C2H6/c1-8(15)10-4-3-9(16-2)7-11(10)14-12-5-6-13-14;1-2/h3-7H,1-2H3;1-2H3. The van der Waals surface area contributed by atoms with Crippen molar-refractivity contribution in [2.24, 2.45) is 0 Å². The number of Topliss-reactive ketones (excluding diaryl/α,β-unsaturated/α-hetero) is 1. The maximum atomic E-state index is 11.5. The van der Waals surface area contributed by atoms with Crippen molar-refractivity contribution >= 4 is 5.78 Å².